The van der Waals surface area contributed by atoms with Crippen molar-refractivity contribution in [1.82, 2.24) is 5.32 Å². The second-order valence-corrected chi connectivity index (χ2v) is 7.00. The van der Waals surface area contributed by atoms with E-state index in [1.54, 1.807) is 31.2 Å². The van der Waals surface area contributed by atoms with Gasteiger partial charge in [-0.15, -0.1) is 0 Å². The van der Waals surface area contributed by atoms with Crippen LogP contribution in [-0.4, -0.2) is 32.4 Å². The van der Waals surface area contributed by atoms with Gasteiger partial charge in [0, 0.05) is 22.9 Å². The lowest BCUT2D eigenvalue weighted by atomic mass is 10.2. The number of benzene rings is 1. The van der Waals surface area contributed by atoms with E-state index in [-0.39, 0.29) is 17.7 Å². The molecule has 1 unspecified atom stereocenters. The predicted molar refractivity (Wildman–Crippen MR) is 72.7 cm³/mol. The Bertz CT molecular complexity index is 511. The fraction of sp³-hybridized carbons (Fsp3) is 0.417. The van der Waals surface area contributed by atoms with Gasteiger partial charge < -0.3 is 5.32 Å². The molecule has 100 valence electrons. The lowest BCUT2D eigenvalue weighted by molar-refractivity contribution is 0.0939. The SMILES string of the molecule is CC(CCS(C)(=O)=O)NC(=O)c1ccc(Cl)cc1. The summed E-state index contributed by atoms with van der Waals surface area (Å²) in [6, 6.07) is 6.33. The summed E-state index contributed by atoms with van der Waals surface area (Å²) in [5.41, 5.74) is 0.505. The van der Waals surface area contributed by atoms with Crippen LogP contribution in [0, 0.1) is 0 Å². The van der Waals surface area contributed by atoms with Gasteiger partial charge in [0.1, 0.15) is 9.84 Å². The summed E-state index contributed by atoms with van der Waals surface area (Å²) in [6.45, 7) is 1.78. The Morgan fingerprint density at radius 1 is 1.33 bits per heavy atom. The molecule has 0 radical (unpaired) electrons. The van der Waals surface area contributed by atoms with Crippen LogP contribution in [0.25, 0.3) is 0 Å². The maximum absolute atomic E-state index is 11.8. The zero-order valence-electron chi connectivity index (χ0n) is 10.3. The van der Waals surface area contributed by atoms with Gasteiger partial charge in [-0.2, -0.15) is 0 Å². The van der Waals surface area contributed by atoms with Gasteiger partial charge in [-0.1, -0.05) is 11.6 Å². The van der Waals surface area contributed by atoms with Gasteiger partial charge in [0.25, 0.3) is 5.91 Å². The van der Waals surface area contributed by atoms with E-state index in [2.05, 4.69) is 5.32 Å². The molecule has 0 saturated carbocycles. The molecule has 4 nitrogen and oxygen atoms in total. The molecule has 0 fully saturated rings. The van der Waals surface area contributed by atoms with Gasteiger partial charge in [0.2, 0.25) is 0 Å². The van der Waals surface area contributed by atoms with Crippen molar-refractivity contribution in [3.05, 3.63) is 34.9 Å². The number of amides is 1. The molecule has 1 aromatic rings. The zero-order valence-corrected chi connectivity index (χ0v) is 11.9. The van der Waals surface area contributed by atoms with Crippen LogP contribution in [0.1, 0.15) is 23.7 Å². The van der Waals surface area contributed by atoms with Gasteiger partial charge in [-0.05, 0) is 37.6 Å². The van der Waals surface area contributed by atoms with Crippen LogP contribution in [0.2, 0.25) is 5.02 Å². The highest BCUT2D eigenvalue weighted by molar-refractivity contribution is 7.90. The Morgan fingerprint density at radius 2 is 1.89 bits per heavy atom. The van der Waals surface area contributed by atoms with Crippen molar-refractivity contribution in [3.63, 3.8) is 0 Å². The van der Waals surface area contributed by atoms with Crippen LogP contribution in [0.5, 0.6) is 0 Å². The standard InChI is InChI=1S/C12H16ClNO3S/c1-9(7-8-18(2,16)17)14-12(15)10-3-5-11(13)6-4-10/h3-6,9H,7-8H2,1-2H3,(H,14,15). The van der Waals surface area contributed by atoms with E-state index in [0.717, 1.165) is 0 Å². The van der Waals surface area contributed by atoms with Crippen molar-refractivity contribution in [2.45, 2.75) is 19.4 Å². The summed E-state index contributed by atoms with van der Waals surface area (Å²) < 4.78 is 22.0. The number of carbonyl (C=O) groups is 1. The van der Waals surface area contributed by atoms with Gasteiger partial charge in [-0.3, -0.25) is 4.79 Å². The van der Waals surface area contributed by atoms with Crippen molar-refractivity contribution in [3.8, 4) is 0 Å². The van der Waals surface area contributed by atoms with Gasteiger partial charge >= 0.3 is 0 Å². The van der Waals surface area contributed by atoms with Crippen molar-refractivity contribution in [1.29, 1.82) is 0 Å². The predicted octanol–water partition coefficient (Wildman–Crippen LogP) is 1.89. The third-order valence-corrected chi connectivity index (χ3v) is 3.63. The highest BCUT2D eigenvalue weighted by atomic mass is 35.5. The first-order valence-electron chi connectivity index (χ1n) is 5.52. The quantitative estimate of drug-likeness (QED) is 0.900. The smallest absolute Gasteiger partial charge is 0.251 e. The molecule has 0 aromatic heterocycles. The molecule has 1 amide bonds. The van der Waals surface area contributed by atoms with Crippen molar-refractivity contribution in [2.24, 2.45) is 0 Å². The van der Waals surface area contributed by atoms with Crippen LogP contribution in [0.3, 0.4) is 0 Å². The summed E-state index contributed by atoms with van der Waals surface area (Å²) in [5, 5.41) is 3.31. The molecule has 0 spiro atoms. The first-order valence-corrected chi connectivity index (χ1v) is 7.96. The molecular formula is C12H16ClNO3S. The lowest BCUT2D eigenvalue weighted by Gasteiger charge is -2.13. The summed E-state index contributed by atoms with van der Waals surface area (Å²) in [7, 11) is -2.99. The molecule has 18 heavy (non-hydrogen) atoms. The van der Waals surface area contributed by atoms with Crippen LogP contribution in [0.4, 0.5) is 0 Å². The molecule has 0 aliphatic heterocycles. The maximum atomic E-state index is 11.8. The average Bonchev–Trinajstić information content (AvgIpc) is 2.26. The Hall–Kier alpha value is -1.07. The molecule has 0 bridgehead atoms. The van der Waals surface area contributed by atoms with Gasteiger partial charge in [0.05, 0.1) is 5.75 Å². The number of halogens is 1. The van der Waals surface area contributed by atoms with Crippen molar-refractivity contribution < 1.29 is 13.2 Å². The topological polar surface area (TPSA) is 63.2 Å². The zero-order chi connectivity index (χ0) is 13.8. The van der Waals surface area contributed by atoms with E-state index in [4.69, 9.17) is 11.6 Å². The molecule has 1 rings (SSSR count). The lowest BCUT2D eigenvalue weighted by Crippen LogP contribution is -2.33. The number of nitrogens with one attached hydrogen (secondary N) is 1. The minimum absolute atomic E-state index is 0.0645. The third kappa shape index (κ3) is 5.51. The summed E-state index contributed by atoms with van der Waals surface area (Å²) in [5.74, 6) is -0.164. The highest BCUT2D eigenvalue weighted by Gasteiger charge is 2.11. The number of carbonyl (C=O) groups excluding carboxylic acids is 1. The van der Waals surface area contributed by atoms with Gasteiger partial charge in [0.15, 0.2) is 0 Å². The van der Waals surface area contributed by atoms with Crippen LogP contribution < -0.4 is 5.32 Å². The summed E-state index contributed by atoms with van der Waals surface area (Å²) >= 11 is 5.72. The van der Waals surface area contributed by atoms with Gasteiger partial charge in [-0.25, -0.2) is 8.42 Å². The van der Waals surface area contributed by atoms with Crippen molar-refractivity contribution in [2.75, 3.05) is 12.0 Å². The van der Waals surface area contributed by atoms with E-state index in [9.17, 15) is 13.2 Å². The fourth-order valence-electron chi connectivity index (χ4n) is 1.37. The fourth-order valence-corrected chi connectivity index (χ4v) is 2.28. The molecule has 0 heterocycles. The minimum atomic E-state index is -2.99. The third-order valence-electron chi connectivity index (χ3n) is 2.41. The molecule has 1 aromatic carbocycles. The number of sulfone groups is 1. The molecular weight excluding hydrogens is 274 g/mol. The maximum Gasteiger partial charge on any atom is 0.251 e. The monoisotopic (exact) mass is 289 g/mol. The summed E-state index contributed by atoms with van der Waals surface area (Å²) in [4.78, 5) is 11.8. The second kappa shape index (κ2) is 6.20. The number of hydrogen-bond acceptors (Lipinski definition) is 3. The van der Waals surface area contributed by atoms with E-state index in [0.29, 0.717) is 17.0 Å². The Labute approximate surface area is 112 Å². The Kier molecular flexibility index (Phi) is 5.16. The molecule has 1 atom stereocenters. The number of hydrogen-bond donors (Lipinski definition) is 1. The minimum Gasteiger partial charge on any atom is -0.350 e. The van der Waals surface area contributed by atoms with E-state index >= 15 is 0 Å². The highest BCUT2D eigenvalue weighted by Crippen LogP contribution is 2.09. The normalized spacial score (nSPS) is 13.1. The second-order valence-electron chi connectivity index (χ2n) is 4.30. The van der Waals surface area contributed by atoms with E-state index < -0.39 is 9.84 Å². The van der Waals surface area contributed by atoms with Crippen LogP contribution in [0.15, 0.2) is 24.3 Å². The molecule has 0 saturated heterocycles. The first-order chi connectivity index (χ1) is 8.28. The number of rotatable bonds is 5. The van der Waals surface area contributed by atoms with Crippen LogP contribution in [-0.2, 0) is 9.84 Å². The Balaban J connectivity index is 2.52. The Morgan fingerprint density at radius 3 is 2.39 bits per heavy atom. The molecule has 0 aliphatic rings. The molecule has 1 N–H and O–H groups in total. The molecule has 0 aliphatic carbocycles. The largest absolute Gasteiger partial charge is 0.350 e. The van der Waals surface area contributed by atoms with Crippen molar-refractivity contribution >= 4 is 27.3 Å². The molecule has 6 heteroatoms. The summed E-state index contributed by atoms with van der Waals surface area (Å²) in [6.07, 6.45) is 1.58. The van der Waals surface area contributed by atoms with E-state index in [1.165, 1.54) is 6.26 Å². The van der Waals surface area contributed by atoms with E-state index in [1.807, 2.05) is 0 Å². The first kappa shape index (κ1) is 15.0. The van der Waals surface area contributed by atoms with Crippen LogP contribution >= 0.6 is 11.6 Å². The average molecular weight is 290 g/mol.